The van der Waals surface area contributed by atoms with Gasteiger partial charge in [0, 0.05) is 4.47 Å². The zero-order chi connectivity index (χ0) is 9.14. The van der Waals surface area contributed by atoms with Gasteiger partial charge in [-0.05, 0) is 30.7 Å². The third-order valence-electron chi connectivity index (χ3n) is 1.35. The van der Waals surface area contributed by atoms with Crippen molar-refractivity contribution in [3.8, 4) is 5.75 Å². The predicted molar refractivity (Wildman–Crippen MR) is 47.4 cm³/mol. The van der Waals surface area contributed by atoms with E-state index in [4.69, 9.17) is 0 Å². The molecule has 0 atom stereocenters. The maximum atomic E-state index is 11.7. The van der Waals surface area contributed by atoms with Crippen molar-refractivity contribution in [1.29, 1.82) is 0 Å². The van der Waals surface area contributed by atoms with Gasteiger partial charge in [0.05, 0.1) is 0 Å². The molecule has 0 fully saturated rings. The minimum absolute atomic E-state index is 0. The molecule has 0 radical (unpaired) electrons. The first kappa shape index (κ1) is 17.4. The Morgan fingerprint density at radius 3 is 2.36 bits per heavy atom. The Hall–Kier alpha value is 0.956. The minimum Gasteiger partial charge on any atom is -0.870 e. The number of hydrogen-bond donors (Lipinski definition) is 0. The van der Waals surface area contributed by atoms with Crippen LogP contribution in [0.25, 0.3) is 0 Å². The molecule has 0 bridgehead atoms. The van der Waals surface area contributed by atoms with Crippen LogP contribution >= 0.6 is 15.9 Å². The summed E-state index contributed by atoms with van der Waals surface area (Å²) in [5, 5.41) is 0. The maximum Gasteiger partial charge on any atom is 1.00 e. The molecule has 0 heterocycles. The van der Waals surface area contributed by atoms with Gasteiger partial charge >= 0.3 is 58.0 Å². The fraction of sp³-hybridized carbons (Fsp3) is 0.250. The number of benzene rings is 1. The van der Waals surface area contributed by atoms with Crippen LogP contribution in [0, 0.1) is 6.92 Å². The summed E-state index contributed by atoms with van der Waals surface area (Å²) in [5.74, 6) is 0.186. The van der Waals surface area contributed by atoms with E-state index >= 15 is 0 Å². The molecule has 0 unspecified atom stereocenters. The molecule has 0 aliphatic rings. The Balaban J connectivity index is 0. The van der Waals surface area contributed by atoms with Crippen LogP contribution in [0.2, 0.25) is 0 Å². The number of aryl methyl sites for hydroxylation is 1. The Morgan fingerprint density at radius 2 is 1.93 bits per heavy atom. The van der Waals surface area contributed by atoms with Crippen molar-refractivity contribution in [2.24, 2.45) is 0 Å². The third kappa shape index (κ3) is 5.74. The van der Waals surface area contributed by atoms with Crippen molar-refractivity contribution in [3.05, 3.63) is 28.2 Å². The molecular weight excluding hydrogens is 285 g/mol. The second kappa shape index (κ2) is 8.15. The third-order valence-corrected chi connectivity index (χ3v) is 2.24. The van der Waals surface area contributed by atoms with Crippen LogP contribution < -0.4 is 56.1 Å². The molecule has 1 rings (SSSR count). The van der Waals surface area contributed by atoms with Crippen LogP contribution in [0.3, 0.4) is 0 Å². The van der Waals surface area contributed by atoms with Gasteiger partial charge in [-0.15, -0.1) is 0 Å². The zero-order valence-corrected chi connectivity index (χ0v) is 12.5. The molecule has 74 valence electrons. The minimum atomic E-state index is -2.76. The summed E-state index contributed by atoms with van der Waals surface area (Å²) in [6.07, 6.45) is 0. The van der Waals surface area contributed by atoms with Crippen molar-refractivity contribution in [2.75, 3.05) is 0 Å². The van der Waals surface area contributed by atoms with Gasteiger partial charge in [-0.1, -0.05) is 15.9 Å². The van der Waals surface area contributed by atoms with Crippen LogP contribution in [0.15, 0.2) is 22.7 Å². The molecule has 1 N–H and O–H groups in total. The van der Waals surface area contributed by atoms with E-state index < -0.39 is 6.61 Å². The molecular formula is C8H8BrF2KO2. The second-order valence-corrected chi connectivity index (χ2v) is 3.14. The molecule has 0 amide bonds. The molecule has 0 aliphatic carbocycles. The first-order valence-electron chi connectivity index (χ1n) is 3.30. The summed E-state index contributed by atoms with van der Waals surface area (Å²) in [7, 11) is 0. The van der Waals surface area contributed by atoms with E-state index in [1.54, 1.807) is 12.1 Å². The number of halogens is 3. The SMILES string of the molecule is Cc1cc(OC(F)F)ccc1Br.[K+].[OH-]. The van der Waals surface area contributed by atoms with Gasteiger partial charge in [0.1, 0.15) is 5.75 Å². The topological polar surface area (TPSA) is 39.2 Å². The normalized spacial score (nSPS) is 8.93. The average molecular weight is 293 g/mol. The van der Waals surface area contributed by atoms with Gasteiger partial charge in [0.25, 0.3) is 0 Å². The van der Waals surface area contributed by atoms with E-state index in [1.165, 1.54) is 6.07 Å². The Bertz CT molecular complexity index is 284. The summed E-state index contributed by atoms with van der Waals surface area (Å²) < 4.78 is 28.5. The van der Waals surface area contributed by atoms with Gasteiger partial charge < -0.3 is 10.2 Å². The van der Waals surface area contributed by atoms with Gasteiger partial charge in [0.15, 0.2) is 0 Å². The van der Waals surface area contributed by atoms with Gasteiger partial charge in [-0.25, -0.2) is 0 Å². The monoisotopic (exact) mass is 292 g/mol. The fourth-order valence-electron chi connectivity index (χ4n) is 0.793. The van der Waals surface area contributed by atoms with E-state index in [-0.39, 0.29) is 62.6 Å². The molecule has 0 aromatic heterocycles. The van der Waals surface area contributed by atoms with Gasteiger partial charge in [0.2, 0.25) is 0 Å². The van der Waals surface area contributed by atoms with Crippen LogP contribution in [0.1, 0.15) is 5.56 Å². The smallest absolute Gasteiger partial charge is 0.870 e. The first-order chi connectivity index (χ1) is 5.59. The van der Waals surface area contributed by atoms with E-state index in [0.29, 0.717) is 0 Å². The van der Waals surface area contributed by atoms with E-state index in [0.717, 1.165) is 10.0 Å². The summed E-state index contributed by atoms with van der Waals surface area (Å²) in [4.78, 5) is 0. The summed E-state index contributed by atoms with van der Waals surface area (Å²) in [6, 6.07) is 4.71. The van der Waals surface area contributed by atoms with E-state index in [2.05, 4.69) is 20.7 Å². The maximum absolute atomic E-state index is 11.7. The molecule has 0 saturated carbocycles. The predicted octanol–water partition coefficient (Wildman–Crippen LogP) is 0.186. The van der Waals surface area contributed by atoms with E-state index in [1.807, 2.05) is 6.92 Å². The summed E-state index contributed by atoms with van der Waals surface area (Å²) in [6.45, 7) is -0.951. The molecule has 14 heavy (non-hydrogen) atoms. The van der Waals surface area contributed by atoms with E-state index in [9.17, 15) is 8.78 Å². The molecule has 1 aromatic rings. The van der Waals surface area contributed by atoms with Crippen LogP contribution in [0.4, 0.5) is 8.78 Å². The number of alkyl halides is 2. The van der Waals surface area contributed by atoms with Crippen molar-refractivity contribution < 1.29 is 70.4 Å². The molecule has 6 heteroatoms. The van der Waals surface area contributed by atoms with Crippen molar-refractivity contribution in [2.45, 2.75) is 13.5 Å². The van der Waals surface area contributed by atoms with Crippen LogP contribution in [0.5, 0.6) is 5.75 Å². The molecule has 0 spiro atoms. The largest absolute Gasteiger partial charge is 1.00 e. The standard InChI is InChI=1S/C8H7BrF2O.K.H2O/c1-5-4-6(12-8(10)11)2-3-7(5)9;;/h2-4,8H,1H3;;1H2/q;+1;/p-1. The molecule has 0 saturated heterocycles. The van der Waals surface area contributed by atoms with Gasteiger partial charge in [-0.2, -0.15) is 8.78 Å². The molecule has 1 aromatic carbocycles. The second-order valence-electron chi connectivity index (χ2n) is 2.29. The quantitative estimate of drug-likeness (QED) is 0.730. The Morgan fingerprint density at radius 1 is 1.36 bits per heavy atom. The Kier molecular flexibility index (Phi) is 10.1. The van der Waals surface area contributed by atoms with Crippen LogP contribution in [-0.4, -0.2) is 12.1 Å². The number of ether oxygens (including phenoxy) is 1. The zero-order valence-electron chi connectivity index (χ0n) is 7.80. The molecule has 0 aliphatic heterocycles. The van der Waals surface area contributed by atoms with Crippen molar-refractivity contribution >= 4 is 15.9 Å². The summed E-state index contributed by atoms with van der Waals surface area (Å²) >= 11 is 3.25. The fourth-order valence-corrected chi connectivity index (χ4v) is 1.04. The number of rotatable bonds is 2. The van der Waals surface area contributed by atoms with Gasteiger partial charge in [-0.3, -0.25) is 0 Å². The average Bonchev–Trinajstić information content (AvgIpc) is 1.96. The summed E-state index contributed by atoms with van der Waals surface area (Å²) in [5.41, 5.74) is 0.869. The van der Waals surface area contributed by atoms with Crippen molar-refractivity contribution in [1.82, 2.24) is 0 Å². The van der Waals surface area contributed by atoms with Crippen LogP contribution in [-0.2, 0) is 0 Å². The first-order valence-corrected chi connectivity index (χ1v) is 4.10. The Labute approximate surface area is 132 Å². The van der Waals surface area contributed by atoms with Crippen molar-refractivity contribution in [3.63, 3.8) is 0 Å². The molecule has 2 nitrogen and oxygen atoms in total. The number of hydrogen-bond acceptors (Lipinski definition) is 2.